The quantitative estimate of drug-likeness (QED) is 0.738. The summed E-state index contributed by atoms with van der Waals surface area (Å²) in [4.78, 5) is 35.0. The molecule has 2 atom stereocenters. The Morgan fingerprint density at radius 3 is 2.80 bits per heavy atom. The number of carbonyl (C=O) groups excluding carboxylic acids is 2. The fourth-order valence-corrected chi connectivity index (χ4v) is 3.99. The zero-order chi connectivity index (χ0) is 21.7. The van der Waals surface area contributed by atoms with Crippen LogP contribution in [-0.2, 0) is 15.1 Å². The lowest BCUT2D eigenvalue weighted by Crippen LogP contribution is -2.41. The lowest BCUT2D eigenvalue weighted by molar-refractivity contribution is -0.126. The normalized spacial score (nSPS) is 24.0. The van der Waals surface area contributed by atoms with Crippen LogP contribution in [0.25, 0.3) is 0 Å². The van der Waals surface area contributed by atoms with E-state index in [1.807, 2.05) is 6.92 Å². The Balaban J connectivity index is 1.56. The second-order valence-electron chi connectivity index (χ2n) is 8.53. The highest BCUT2D eigenvalue weighted by Gasteiger charge is 2.61. The van der Waals surface area contributed by atoms with E-state index in [4.69, 9.17) is 5.73 Å². The van der Waals surface area contributed by atoms with Crippen molar-refractivity contribution in [2.75, 3.05) is 16.8 Å². The van der Waals surface area contributed by atoms with Gasteiger partial charge in [-0.15, -0.1) is 0 Å². The van der Waals surface area contributed by atoms with E-state index in [1.54, 1.807) is 37.2 Å². The van der Waals surface area contributed by atoms with E-state index < -0.39 is 16.9 Å². The maximum Gasteiger partial charge on any atom is 0.249 e. The predicted octanol–water partition coefficient (Wildman–Crippen LogP) is 1.54. The number of nitrogens with zero attached hydrogens (tertiary/aromatic N) is 6. The van der Waals surface area contributed by atoms with Crippen molar-refractivity contribution in [3.63, 3.8) is 0 Å². The number of hydrogen-bond acceptors (Lipinski definition) is 7. The van der Waals surface area contributed by atoms with Crippen molar-refractivity contribution < 1.29 is 9.59 Å². The molecule has 1 aliphatic heterocycles. The molecule has 156 valence electrons. The largest absolute Gasteiger partial charge is 0.368 e. The van der Waals surface area contributed by atoms with E-state index in [-0.39, 0.29) is 23.7 Å². The van der Waals surface area contributed by atoms with Gasteiger partial charge in [0.15, 0.2) is 0 Å². The highest BCUT2D eigenvalue weighted by Crippen LogP contribution is 2.54. The predicted molar refractivity (Wildman–Crippen MR) is 108 cm³/mol. The van der Waals surface area contributed by atoms with Gasteiger partial charge in [0, 0.05) is 24.9 Å². The van der Waals surface area contributed by atoms with Gasteiger partial charge in [0.1, 0.15) is 16.8 Å². The average Bonchev–Trinajstić information content (AvgIpc) is 3.38. The van der Waals surface area contributed by atoms with E-state index in [0.717, 1.165) is 12.8 Å². The summed E-state index contributed by atoms with van der Waals surface area (Å²) in [6.45, 7) is 5.74. The van der Waals surface area contributed by atoms with Crippen LogP contribution in [-0.4, -0.2) is 38.1 Å². The molecule has 10 heteroatoms. The number of nitrogens with two attached hydrogens (primary N) is 1. The van der Waals surface area contributed by atoms with Crippen LogP contribution < -0.4 is 16.0 Å². The first-order chi connectivity index (χ1) is 14.2. The van der Waals surface area contributed by atoms with Gasteiger partial charge >= 0.3 is 0 Å². The van der Waals surface area contributed by atoms with E-state index >= 15 is 0 Å². The molecular formula is C20H24N8O2. The number of nitrogens with one attached hydrogen (secondary N) is 1. The van der Waals surface area contributed by atoms with E-state index in [9.17, 15) is 14.9 Å². The summed E-state index contributed by atoms with van der Waals surface area (Å²) < 4.78 is 1.46. The fourth-order valence-electron chi connectivity index (χ4n) is 3.99. The van der Waals surface area contributed by atoms with Crippen LogP contribution in [0.15, 0.2) is 24.7 Å². The maximum atomic E-state index is 13.2. The third-order valence-electron chi connectivity index (χ3n) is 6.17. The number of carbonyl (C=O) groups is 2. The minimum absolute atomic E-state index is 0.0665. The van der Waals surface area contributed by atoms with Gasteiger partial charge in [-0.2, -0.15) is 15.3 Å². The topological polar surface area (TPSA) is 143 Å². The molecule has 4 rings (SSSR count). The molecule has 3 N–H and O–H groups in total. The Labute approximate surface area is 174 Å². The zero-order valence-electron chi connectivity index (χ0n) is 17.2. The number of anilines is 3. The molecule has 0 bridgehead atoms. The summed E-state index contributed by atoms with van der Waals surface area (Å²) in [7, 11) is 0. The molecule has 1 aliphatic carbocycles. The summed E-state index contributed by atoms with van der Waals surface area (Å²) in [5.41, 5.74) is 4.07. The lowest BCUT2D eigenvalue weighted by atomic mass is 9.75. The zero-order valence-corrected chi connectivity index (χ0v) is 17.2. The standard InChI is InChI=1S/C20H24N8O2/c1-12-9-27(17(30)20(12,11-21)13-4-5-13)15-6-7-23-18(26-15)25-14-8-24-28(10-14)19(2,3)16(22)29/h6-8,10,12-13H,4-5,9H2,1-3H3,(H2,22,29)(H,23,25,26)/t12-,20+/m1/s1. The van der Waals surface area contributed by atoms with Crippen LogP contribution in [0.3, 0.4) is 0 Å². The van der Waals surface area contributed by atoms with Gasteiger partial charge in [-0.25, -0.2) is 4.98 Å². The first kappa shape index (κ1) is 19.8. The molecular weight excluding hydrogens is 384 g/mol. The van der Waals surface area contributed by atoms with Crippen LogP contribution in [0.4, 0.5) is 17.5 Å². The van der Waals surface area contributed by atoms with E-state index in [0.29, 0.717) is 18.1 Å². The maximum absolute atomic E-state index is 13.2. The number of hydrogen-bond donors (Lipinski definition) is 2. The molecule has 2 amide bonds. The Hall–Kier alpha value is -3.48. The van der Waals surface area contributed by atoms with Crippen LogP contribution in [0.1, 0.15) is 33.6 Å². The fraction of sp³-hybridized carbons (Fsp3) is 0.500. The van der Waals surface area contributed by atoms with Gasteiger partial charge in [0.05, 0.1) is 18.0 Å². The molecule has 30 heavy (non-hydrogen) atoms. The minimum atomic E-state index is -0.982. The first-order valence-corrected chi connectivity index (χ1v) is 9.88. The van der Waals surface area contributed by atoms with Gasteiger partial charge < -0.3 is 11.1 Å². The molecule has 0 radical (unpaired) electrons. The lowest BCUT2D eigenvalue weighted by Gasteiger charge is -2.22. The smallest absolute Gasteiger partial charge is 0.249 e. The van der Waals surface area contributed by atoms with Crippen LogP contribution in [0.5, 0.6) is 0 Å². The Bertz CT molecular complexity index is 1050. The van der Waals surface area contributed by atoms with Crippen molar-refractivity contribution >= 4 is 29.3 Å². The molecule has 0 aromatic carbocycles. The van der Waals surface area contributed by atoms with Gasteiger partial charge in [-0.3, -0.25) is 19.2 Å². The summed E-state index contributed by atoms with van der Waals surface area (Å²) in [6.07, 6.45) is 6.57. The molecule has 2 aromatic heterocycles. The van der Waals surface area contributed by atoms with Gasteiger partial charge in [-0.1, -0.05) is 6.92 Å². The van der Waals surface area contributed by atoms with Crippen LogP contribution in [0.2, 0.25) is 0 Å². The highest BCUT2D eigenvalue weighted by molar-refractivity contribution is 6.02. The van der Waals surface area contributed by atoms with Crippen LogP contribution in [0, 0.1) is 28.6 Å². The summed E-state index contributed by atoms with van der Waals surface area (Å²) in [5.74, 6) is 0.114. The van der Waals surface area contributed by atoms with Gasteiger partial charge in [0.25, 0.3) is 0 Å². The Morgan fingerprint density at radius 1 is 1.43 bits per heavy atom. The summed E-state index contributed by atoms with van der Waals surface area (Å²) in [6, 6.07) is 3.98. The second-order valence-corrected chi connectivity index (χ2v) is 8.53. The molecule has 2 aromatic rings. The number of rotatable bonds is 6. The second kappa shape index (κ2) is 6.79. The van der Waals surface area contributed by atoms with Crippen molar-refractivity contribution in [2.45, 2.75) is 39.2 Å². The number of nitriles is 1. The van der Waals surface area contributed by atoms with Crippen molar-refractivity contribution in [1.29, 1.82) is 5.26 Å². The average molecular weight is 408 g/mol. The SMILES string of the molecule is C[C@@H]1CN(c2ccnc(Nc3cnn(C(C)(C)C(N)=O)c3)n2)C(=O)[C@]1(C#N)C1CC1. The molecule has 3 heterocycles. The minimum Gasteiger partial charge on any atom is -0.368 e. The number of amides is 2. The van der Waals surface area contributed by atoms with Gasteiger partial charge in [-0.05, 0) is 38.7 Å². The summed E-state index contributed by atoms with van der Waals surface area (Å²) >= 11 is 0. The third kappa shape index (κ3) is 2.98. The molecule has 1 saturated heterocycles. The molecule has 0 spiro atoms. The van der Waals surface area contributed by atoms with Crippen molar-refractivity contribution in [1.82, 2.24) is 19.7 Å². The molecule has 1 saturated carbocycles. The Morgan fingerprint density at radius 2 is 2.17 bits per heavy atom. The van der Waals surface area contributed by atoms with Crippen LogP contribution >= 0.6 is 0 Å². The highest BCUT2D eigenvalue weighted by atomic mass is 16.2. The third-order valence-corrected chi connectivity index (χ3v) is 6.17. The van der Waals surface area contributed by atoms with Crippen molar-refractivity contribution in [3.8, 4) is 6.07 Å². The van der Waals surface area contributed by atoms with Crippen molar-refractivity contribution in [2.24, 2.45) is 23.0 Å². The molecule has 0 unspecified atom stereocenters. The summed E-state index contributed by atoms with van der Waals surface area (Å²) in [5, 5.41) is 17.0. The molecule has 2 aliphatic rings. The monoisotopic (exact) mass is 408 g/mol. The molecule has 10 nitrogen and oxygen atoms in total. The van der Waals surface area contributed by atoms with E-state index in [2.05, 4.69) is 26.5 Å². The molecule has 2 fully saturated rings. The van der Waals surface area contributed by atoms with E-state index in [1.165, 1.54) is 10.9 Å². The number of primary amides is 1. The Kier molecular flexibility index (Phi) is 4.49. The van der Waals surface area contributed by atoms with Gasteiger partial charge in [0.2, 0.25) is 17.8 Å². The first-order valence-electron chi connectivity index (χ1n) is 9.88. The number of aromatic nitrogens is 4. The van der Waals surface area contributed by atoms with Crippen molar-refractivity contribution in [3.05, 3.63) is 24.7 Å².